The molecule has 0 fully saturated rings. The number of hydrogen-bond acceptors (Lipinski definition) is 3. The molecule has 2 N–H and O–H groups in total. The van der Waals surface area contributed by atoms with E-state index in [4.69, 9.17) is 10.5 Å². The van der Waals surface area contributed by atoms with E-state index in [2.05, 4.69) is 32.5 Å². The maximum Gasteiger partial charge on any atom is 0.123 e. The molecule has 1 atom stereocenters. The second kappa shape index (κ2) is 4.71. The lowest BCUT2D eigenvalue weighted by Crippen LogP contribution is -2.10. The van der Waals surface area contributed by atoms with Crippen molar-refractivity contribution in [2.75, 3.05) is 13.7 Å². The number of thiol groups is 1. The van der Waals surface area contributed by atoms with E-state index in [0.717, 1.165) is 11.3 Å². The predicted molar refractivity (Wildman–Crippen MR) is 63.2 cm³/mol. The van der Waals surface area contributed by atoms with Crippen molar-refractivity contribution < 1.29 is 4.74 Å². The summed E-state index contributed by atoms with van der Waals surface area (Å²) in [5, 5.41) is 0.0468. The summed E-state index contributed by atoms with van der Waals surface area (Å²) in [6.07, 6.45) is 0. The van der Waals surface area contributed by atoms with Crippen molar-refractivity contribution in [2.45, 2.75) is 19.1 Å². The third-order valence-corrected chi connectivity index (χ3v) is 2.74. The number of hydrogen-bond donors (Lipinski definition) is 2. The molecular formula is C11H17NOS. The number of nitrogens with two attached hydrogens (primary N) is 1. The molecule has 0 aliphatic heterocycles. The maximum absolute atomic E-state index is 5.60. The van der Waals surface area contributed by atoms with Crippen LogP contribution in [0.4, 0.5) is 0 Å². The highest BCUT2D eigenvalue weighted by Crippen LogP contribution is 2.32. The molecule has 1 rings (SSSR count). The molecule has 1 aromatic rings. The molecular weight excluding hydrogens is 194 g/mol. The van der Waals surface area contributed by atoms with Crippen LogP contribution in [0.3, 0.4) is 0 Å². The SMILES string of the molecule is COc1cc(C)cc(C)c1C(S)CN. The fraction of sp³-hybridized carbons (Fsp3) is 0.455. The van der Waals surface area contributed by atoms with Crippen LogP contribution in [-0.4, -0.2) is 13.7 Å². The molecule has 0 bridgehead atoms. The minimum atomic E-state index is 0.0468. The van der Waals surface area contributed by atoms with Gasteiger partial charge in [0.05, 0.1) is 7.11 Å². The molecule has 0 saturated heterocycles. The highest BCUT2D eigenvalue weighted by atomic mass is 32.1. The first-order valence-electron chi connectivity index (χ1n) is 4.63. The number of rotatable bonds is 3. The van der Waals surface area contributed by atoms with Crippen LogP contribution < -0.4 is 10.5 Å². The van der Waals surface area contributed by atoms with Crippen LogP contribution in [0.2, 0.25) is 0 Å². The first-order valence-corrected chi connectivity index (χ1v) is 5.15. The average Bonchev–Trinajstić information content (AvgIpc) is 2.15. The third-order valence-electron chi connectivity index (χ3n) is 2.27. The average molecular weight is 211 g/mol. The monoisotopic (exact) mass is 211 g/mol. The van der Waals surface area contributed by atoms with E-state index >= 15 is 0 Å². The van der Waals surface area contributed by atoms with Gasteiger partial charge in [0, 0.05) is 17.4 Å². The van der Waals surface area contributed by atoms with E-state index in [1.165, 1.54) is 11.1 Å². The van der Waals surface area contributed by atoms with Crippen LogP contribution in [0.15, 0.2) is 12.1 Å². The molecule has 0 heterocycles. The Hall–Kier alpha value is -0.670. The maximum atomic E-state index is 5.60. The smallest absolute Gasteiger partial charge is 0.123 e. The zero-order valence-electron chi connectivity index (χ0n) is 8.87. The molecule has 1 unspecified atom stereocenters. The summed E-state index contributed by atoms with van der Waals surface area (Å²) < 4.78 is 5.33. The van der Waals surface area contributed by atoms with Crippen LogP contribution in [0.5, 0.6) is 5.75 Å². The Morgan fingerprint density at radius 1 is 1.43 bits per heavy atom. The van der Waals surface area contributed by atoms with Gasteiger partial charge in [-0.05, 0) is 31.0 Å². The molecule has 14 heavy (non-hydrogen) atoms. The van der Waals surface area contributed by atoms with Crippen molar-refractivity contribution in [3.05, 3.63) is 28.8 Å². The molecule has 3 heteroatoms. The largest absolute Gasteiger partial charge is 0.496 e. The summed E-state index contributed by atoms with van der Waals surface area (Å²) in [6, 6.07) is 4.14. The van der Waals surface area contributed by atoms with Crippen molar-refractivity contribution >= 4 is 12.6 Å². The second-order valence-electron chi connectivity index (χ2n) is 3.45. The molecule has 0 aliphatic rings. The van der Waals surface area contributed by atoms with Crippen LogP contribution in [0.25, 0.3) is 0 Å². The predicted octanol–water partition coefficient (Wildman–Crippen LogP) is 2.24. The van der Waals surface area contributed by atoms with Gasteiger partial charge in [-0.2, -0.15) is 12.6 Å². The quantitative estimate of drug-likeness (QED) is 0.752. The molecule has 0 amide bonds. The van der Waals surface area contributed by atoms with Crippen molar-refractivity contribution in [3.63, 3.8) is 0 Å². The van der Waals surface area contributed by atoms with Gasteiger partial charge in [0.1, 0.15) is 5.75 Å². The number of benzene rings is 1. The Labute approximate surface area is 90.9 Å². The van der Waals surface area contributed by atoms with Crippen molar-refractivity contribution in [2.24, 2.45) is 5.73 Å². The zero-order valence-corrected chi connectivity index (χ0v) is 9.77. The second-order valence-corrected chi connectivity index (χ2v) is 4.07. The summed E-state index contributed by atoms with van der Waals surface area (Å²) in [6.45, 7) is 4.63. The van der Waals surface area contributed by atoms with E-state index in [1.54, 1.807) is 7.11 Å². The van der Waals surface area contributed by atoms with Gasteiger partial charge in [-0.25, -0.2) is 0 Å². The van der Waals surface area contributed by atoms with Gasteiger partial charge in [-0.3, -0.25) is 0 Å². The Morgan fingerprint density at radius 2 is 2.07 bits per heavy atom. The topological polar surface area (TPSA) is 35.2 Å². The van der Waals surface area contributed by atoms with E-state index < -0.39 is 0 Å². The molecule has 0 aliphatic carbocycles. The lowest BCUT2D eigenvalue weighted by atomic mass is 10.0. The fourth-order valence-electron chi connectivity index (χ4n) is 1.65. The Bertz CT molecular complexity index is 325. The van der Waals surface area contributed by atoms with Gasteiger partial charge in [0.25, 0.3) is 0 Å². The van der Waals surface area contributed by atoms with E-state index in [9.17, 15) is 0 Å². The van der Waals surface area contributed by atoms with Crippen LogP contribution in [-0.2, 0) is 0 Å². The molecule has 0 radical (unpaired) electrons. The van der Waals surface area contributed by atoms with Gasteiger partial charge in [0.15, 0.2) is 0 Å². The lowest BCUT2D eigenvalue weighted by molar-refractivity contribution is 0.408. The molecule has 0 saturated carbocycles. The van der Waals surface area contributed by atoms with Gasteiger partial charge in [-0.1, -0.05) is 6.07 Å². The normalized spacial score (nSPS) is 12.6. The lowest BCUT2D eigenvalue weighted by Gasteiger charge is -2.17. The minimum Gasteiger partial charge on any atom is -0.496 e. The summed E-state index contributed by atoms with van der Waals surface area (Å²) in [5.74, 6) is 0.882. The highest BCUT2D eigenvalue weighted by molar-refractivity contribution is 7.80. The van der Waals surface area contributed by atoms with Crippen molar-refractivity contribution in [1.29, 1.82) is 0 Å². The molecule has 2 nitrogen and oxygen atoms in total. The Kier molecular flexibility index (Phi) is 3.84. The highest BCUT2D eigenvalue weighted by Gasteiger charge is 2.13. The van der Waals surface area contributed by atoms with Gasteiger partial charge >= 0.3 is 0 Å². The minimum absolute atomic E-state index is 0.0468. The summed E-state index contributed by atoms with van der Waals surface area (Å²) in [7, 11) is 1.68. The van der Waals surface area contributed by atoms with Crippen LogP contribution >= 0.6 is 12.6 Å². The first-order chi connectivity index (χ1) is 6.60. The standard InChI is InChI=1S/C11H17NOS/c1-7-4-8(2)11(10(14)6-12)9(5-7)13-3/h4-5,10,14H,6,12H2,1-3H3. The fourth-order valence-corrected chi connectivity index (χ4v) is 1.98. The Balaban J connectivity index is 3.24. The van der Waals surface area contributed by atoms with E-state index in [1.807, 2.05) is 6.07 Å². The Morgan fingerprint density at radius 3 is 2.57 bits per heavy atom. The number of aryl methyl sites for hydroxylation is 2. The van der Waals surface area contributed by atoms with Gasteiger partial charge in [-0.15, -0.1) is 0 Å². The summed E-state index contributed by atoms with van der Waals surface area (Å²) >= 11 is 4.44. The van der Waals surface area contributed by atoms with Gasteiger partial charge in [0.2, 0.25) is 0 Å². The van der Waals surface area contributed by atoms with E-state index in [0.29, 0.717) is 6.54 Å². The zero-order chi connectivity index (χ0) is 10.7. The number of ether oxygens (including phenoxy) is 1. The van der Waals surface area contributed by atoms with Crippen LogP contribution in [0, 0.1) is 13.8 Å². The molecule has 0 aromatic heterocycles. The van der Waals surface area contributed by atoms with Crippen LogP contribution in [0.1, 0.15) is 21.9 Å². The summed E-state index contributed by atoms with van der Waals surface area (Å²) in [4.78, 5) is 0. The number of methoxy groups -OCH3 is 1. The first kappa shape index (κ1) is 11.4. The van der Waals surface area contributed by atoms with Crippen molar-refractivity contribution in [1.82, 2.24) is 0 Å². The molecule has 78 valence electrons. The summed E-state index contributed by atoms with van der Waals surface area (Å²) in [5.41, 5.74) is 9.09. The van der Waals surface area contributed by atoms with Crippen molar-refractivity contribution in [3.8, 4) is 5.75 Å². The molecule has 1 aromatic carbocycles. The van der Waals surface area contributed by atoms with Gasteiger partial charge < -0.3 is 10.5 Å². The third kappa shape index (κ3) is 2.22. The molecule has 0 spiro atoms. The van der Waals surface area contributed by atoms with E-state index in [-0.39, 0.29) is 5.25 Å².